The van der Waals surface area contributed by atoms with Gasteiger partial charge in [0.05, 0.1) is 11.9 Å². The lowest BCUT2D eigenvalue weighted by atomic mass is 9.72. The first-order valence-electron chi connectivity index (χ1n) is 8.93. The summed E-state index contributed by atoms with van der Waals surface area (Å²) in [4.78, 5) is 7.16. The summed E-state index contributed by atoms with van der Waals surface area (Å²) in [7, 11) is 0. The maximum atomic E-state index is 4.18. The van der Waals surface area contributed by atoms with Gasteiger partial charge >= 0.3 is 0 Å². The van der Waals surface area contributed by atoms with E-state index in [1.807, 2.05) is 0 Å². The smallest absolute Gasteiger partial charge is 0.162 e. The minimum absolute atomic E-state index is 0.296. The second-order valence-corrected chi connectivity index (χ2v) is 8.01. The number of hydrogen-bond acceptors (Lipinski definition) is 2. The summed E-state index contributed by atoms with van der Waals surface area (Å²) in [6, 6.07) is 0. The molecule has 134 valence electrons. The first kappa shape index (κ1) is 19.6. The first-order valence-corrected chi connectivity index (χ1v) is 9.38. The minimum Gasteiger partial charge on any atom is -0.334 e. The van der Waals surface area contributed by atoms with Gasteiger partial charge < -0.3 is 4.98 Å². The van der Waals surface area contributed by atoms with Crippen LogP contribution in [0.5, 0.6) is 0 Å². The summed E-state index contributed by atoms with van der Waals surface area (Å²) in [5.41, 5.74) is 6.73. The summed E-state index contributed by atoms with van der Waals surface area (Å²) < 4.78 is 0. The number of hydrogen-bond donors (Lipinski definition) is 2. The van der Waals surface area contributed by atoms with Gasteiger partial charge in [0.1, 0.15) is 0 Å². The number of allylic oxidation sites excluding steroid dienone is 9. The molecule has 1 aromatic heterocycles. The van der Waals surface area contributed by atoms with Crippen LogP contribution in [0.25, 0.3) is 6.08 Å². The number of thiol groups is 1. The molecule has 0 saturated carbocycles. The molecule has 2 nitrogen and oxygen atoms in total. The van der Waals surface area contributed by atoms with Crippen molar-refractivity contribution in [3.8, 4) is 0 Å². The maximum Gasteiger partial charge on any atom is 0.162 e. The third-order valence-corrected chi connectivity index (χ3v) is 4.97. The zero-order chi connectivity index (χ0) is 18.4. The Labute approximate surface area is 157 Å². The second kappa shape index (κ2) is 8.57. The van der Waals surface area contributed by atoms with Gasteiger partial charge in [-0.1, -0.05) is 55.4 Å². The van der Waals surface area contributed by atoms with E-state index in [1.165, 1.54) is 36.0 Å². The highest BCUT2D eigenvalue weighted by atomic mass is 32.1. The van der Waals surface area contributed by atoms with Crippen LogP contribution in [0.4, 0.5) is 0 Å². The Morgan fingerprint density at radius 3 is 2.64 bits per heavy atom. The average Bonchev–Trinajstić information content (AvgIpc) is 2.91. The largest absolute Gasteiger partial charge is 0.334 e. The minimum atomic E-state index is 0.296. The molecule has 1 aromatic rings. The molecule has 0 radical (unpaired) electrons. The SMILES string of the molecule is CC1=C(/C=C/C(C)=C/C=C/C(C)=C/c2cnc(S)[nH]2)C(C)(C)CCC1. The van der Waals surface area contributed by atoms with E-state index >= 15 is 0 Å². The average molecular weight is 355 g/mol. The number of nitrogens with zero attached hydrogens (tertiary/aromatic N) is 1. The normalized spacial score (nSPS) is 19.4. The fourth-order valence-electron chi connectivity index (χ4n) is 3.32. The van der Waals surface area contributed by atoms with Crippen LogP contribution in [0, 0.1) is 5.41 Å². The topological polar surface area (TPSA) is 28.7 Å². The van der Waals surface area contributed by atoms with Crippen molar-refractivity contribution in [3.05, 3.63) is 64.6 Å². The molecule has 0 bridgehead atoms. The highest BCUT2D eigenvalue weighted by Gasteiger charge is 2.26. The number of aromatic amines is 1. The van der Waals surface area contributed by atoms with Gasteiger partial charge in [0.15, 0.2) is 5.16 Å². The summed E-state index contributed by atoms with van der Waals surface area (Å²) in [5, 5.41) is 0.638. The molecule has 2 rings (SSSR count). The number of rotatable bonds is 5. The van der Waals surface area contributed by atoms with E-state index in [9.17, 15) is 0 Å². The predicted molar refractivity (Wildman–Crippen MR) is 112 cm³/mol. The molecule has 0 saturated heterocycles. The van der Waals surface area contributed by atoms with Gasteiger partial charge in [-0.05, 0) is 62.7 Å². The number of H-pyrrole nitrogens is 1. The van der Waals surface area contributed by atoms with Crippen LogP contribution in [0.1, 0.15) is 59.6 Å². The molecule has 0 aliphatic heterocycles. The number of nitrogens with one attached hydrogen (secondary N) is 1. The van der Waals surface area contributed by atoms with Crippen molar-refractivity contribution in [2.45, 2.75) is 59.0 Å². The standard InChI is InChI=1S/C22H30N2S/c1-16(11-12-20-18(3)10-7-13-22(20,4)5)8-6-9-17(2)14-19-15-23-21(25)24-19/h6,8-9,11-12,14-15H,7,10,13H2,1-5H3,(H2,23,24,25)/b9-6+,12-11+,16-8+,17-14+. The molecule has 0 atom stereocenters. The fourth-order valence-corrected chi connectivity index (χ4v) is 3.51. The molecule has 0 spiro atoms. The van der Waals surface area contributed by atoms with Gasteiger partial charge in [0.2, 0.25) is 0 Å². The lowest BCUT2D eigenvalue weighted by molar-refractivity contribution is 0.377. The monoisotopic (exact) mass is 354 g/mol. The van der Waals surface area contributed by atoms with E-state index in [0.717, 1.165) is 11.3 Å². The van der Waals surface area contributed by atoms with E-state index in [4.69, 9.17) is 0 Å². The van der Waals surface area contributed by atoms with Crippen LogP contribution in [0.2, 0.25) is 0 Å². The Kier molecular flexibility index (Phi) is 6.71. The van der Waals surface area contributed by atoms with Crippen LogP contribution in [-0.4, -0.2) is 9.97 Å². The molecule has 0 fully saturated rings. The summed E-state index contributed by atoms with van der Waals surface area (Å²) in [6.07, 6.45) is 18.6. The molecule has 1 aliphatic carbocycles. The predicted octanol–water partition coefficient (Wildman–Crippen LogP) is 6.69. The Morgan fingerprint density at radius 2 is 2.00 bits per heavy atom. The molecular weight excluding hydrogens is 324 g/mol. The molecule has 0 amide bonds. The van der Waals surface area contributed by atoms with Crippen LogP contribution < -0.4 is 0 Å². The quantitative estimate of drug-likeness (QED) is 0.448. The summed E-state index contributed by atoms with van der Waals surface area (Å²) >= 11 is 4.18. The van der Waals surface area contributed by atoms with Gasteiger partial charge in [-0.15, -0.1) is 12.6 Å². The van der Waals surface area contributed by atoms with E-state index < -0.39 is 0 Å². The number of aromatic nitrogens is 2. The van der Waals surface area contributed by atoms with Crippen molar-refractivity contribution in [2.75, 3.05) is 0 Å². The van der Waals surface area contributed by atoms with E-state index in [1.54, 1.807) is 6.20 Å². The second-order valence-electron chi connectivity index (χ2n) is 7.59. The lowest BCUT2D eigenvalue weighted by Crippen LogP contribution is -2.19. The van der Waals surface area contributed by atoms with Crippen molar-refractivity contribution in [1.29, 1.82) is 0 Å². The molecule has 1 aliphatic rings. The van der Waals surface area contributed by atoms with Crippen molar-refractivity contribution in [3.63, 3.8) is 0 Å². The van der Waals surface area contributed by atoms with Crippen molar-refractivity contribution in [2.24, 2.45) is 5.41 Å². The fraction of sp³-hybridized carbons (Fsp3) is 0.409. The van der Waals surface area contributed by atoms with Crippen molar-refractivity contribution in [1.82, 2.24) is 9.97 Å². The first-order chi connectivity index (χ1) is 11.8. The van der Waals surface area contributed by atoms with E-state index in [2.05, 4.69) is 93.7 Å². The molecule has 0 unspecified atom stereocenters. The van der Waals surface area contributed by atoms with E-state index in [0.29, 0.717) is 10.6 Å². The molecule has 1 heterocycles. The Hall–Kier alpha value is -1.74. The van der Waals surface area contributed by atoms with Gasteiger partial charge in [-0.3, -0.25) is 0 Å². The molecule has 25 heavy (non-hydrogen) atoms. The van der Waals surface area contributed by atoms with Gasteiger partial charge in [0.25, 0.3) is 0 Å². The molecule has 0 aromatic carbocycles. The number of imidazole rings is 1. The Morgan fingerprint density at radius 1 is 1.24 bits per heavy atom. The van der Waals surface area contributed by atoms with Crippen LogP contribution >= 0.6 is 12.6 Å². The molecular formula is C22H30N2S. The van der Waals surface area contributed by atoms with Crippen molar-refractivity contribution >= 4 is 18.7 Å². The summed E-state index contributed by atoms with van der Waals surface area (Å²) in [6.45, 7) is 11.2. The van der Waals surface area contributed by atoms with Crippen molar-refractivity contribution < 1.29 is 0 Å². The highest BCUT2D eigenvalue weighted by molar-refractivity contribution is 7.80. The zero-order valence-electron chi connectivity index (χ0n) is 16.1. The molecule has 1 N–H and O–H groups in total. The van der Waals surface area contributed by atoms with Gasteiger partial charge in [-0.2, -0.15) is 0 Å². The Balaban J connectivity index is 2.02. The van der Waals surface area contributed by atoms with Crippen LogP contribution in [0.15, 0.2) is 64.0 Å². The van der Waals surface area contributed by atoms with Crippen LogP contribution in [-0.2, 0) is 0 Å². The zero-order valence-corrected chi connectivity index (χ0v) is 17.0. The van der Waals surface area contributed by atoms with Gasteiger partial charge in [-0.25, -0.2) is 4.98 Å². The lowest BCUT2D eigenvalue weighted by Gasteiger charge is -2.32. The molecule has 3 heteroatoms. The third-order valence-electron chi connectivity index (χ3n) is 4.74. The maximum absolute atomic E-state index is 4.18. The third kappa shape index (κ3) is 5.93. The van der Waals surface area contributed by atoms with E-state index in [-0.39, 0.29) is 0 Å². The Bertz CT molecular complexity index is 755. The summed E-state index contributed by atoms with van der Waals surface area (Å²) in [5.74, 6) is 0. The van der Waals surface area contributed by atoms with Gasteiger partial charge in [0, 0.05) is 0 Å². The highest BCUT2D eigenvalue weighted by Crippen LogP contribution is 2.40. The van der Waals surface area contributed by atoms with Crippen LogP contribution in [0.3, 0.4) is 0 Å².